The van der Waals surface area contributed by atoms with Crippen LogP contribution >= 0.6 is 34.5 Å². The molecular formula is C23H27BrI2N5O-. The summed E-state index contributed by atoms with van der Waals surface area (Å²) in [6, 6.07) is 10.6. The Hall–Kier alpha value is -0.950. The first-order chi connectivity index (χ1) is 15.7. The first-order valence-electron chi connectivity index (χ1n) is 11.1. The number of halogens is 3. The molecule has 1 fully saturated rings. The molecule has 1 aliphatic carbocycles. The van der Waals surface area contributed by atoms with Crippen LogP contribution in [0.2, 0.25) is 0 Å². The summed E-state index contributed by atoms with van der Waals surface area (Å²) in [6.07, 6.45) is 9.60. The van der Waals surface area contributed by atoms with Crippen molar-refractivity contribution in [1.82, 2.24) is 19.9 Å². The van der Waals surface area contributed by atoms with E-state index >= 15 is 0 Å². The van der Waals surface area contributed by atoms with Crippen LogP contribution in [-0.2, 0) is 4.79 Å². The fourth-order valence-corrected chi connectivity index (χ4v) is 7.94. The summed E-state index contributed by atoms with van der Waals surface area (Å²) in [5.41, 5.74) is 2.93. The van der Waals surface area contributed by atoms with E-state index in [0.29, 0.717) is 18.9 Å². The number of aromatic nitrogens is 3. The Morgan fingerprint density at radius 3 is 2.84 bits per heavy atom. The summed E-state index contributed by atoms with van der Waals surface area (Å²) < 4.78 is 4.07. The van der Waals surface area contributed by atoms with Gasteiger partial charge in [-0.05, 0) is 18.8 Å². The number of nitrogens with one attached hydrogen (secondary N) is 2. The maximum absolute atomic E-state index is 12.2. The molecule has 4 rings (SSSR count). The van der Waals surface area contributed by atoms with Gasteiger partial charge < -0.3 is 0 Å². The van der Waals surface area contributed by atoms with Gasteiger partial charge >= 0.3 is 181 Å². The standard InChI is InChI=1S/C23H27BrI2N5O/c24-18-15-29-31-21(14-20(30-23(18)31)17-9-4-5-10-19(17)26-25)27-11-6-12-28-22(32)13-16-7-2-1-3-8-16/h4-5,9-10,14-16,27H,1-3,6-8,11-13H2,(H,28,32)/q-1. The van der Waals surface area contributed by atoms with E-state index < -0.39 is 0 Å². The van der Waals surface area contributed by atoms with Crippen molar-refractivity contribution in [3.63, 3.8) is 0 Å². The van der Waals surface area contributed by atoms with Crippen LogP contribution in [0, 0.1) is 9.49 Å². The molecule has 0 aliphatic heterocycles. The van der Waals surface area contributed by atoms with Gasteiger partial charge in [0.2, 0.25) is 0 Å². The second-order valence-corrected chi connectivity index (χ2v) is 13.3. The molecule has 1 saturated carbocycles. The first kappa shape index (κ1) is 24.2. The van der Waals surface area contributed by atoms with E-state index in [0.717, 1.165) is 34.6 Å². The second kappa shape index (κ2) is 12.0. The van der Waals surface area contributed by atoms with E-state index in [9.17, 15) is 4.79 Å². The molecule has 1 amide bonds. The molecule has 2 heterocycles. The van der Waals surface area contributed by atoms with Crippen LogP contribution in [0.3, 0.4) is 0 Å². The fourth-order valence-electron chi connectivity index (χ4n) is 4.19. The maximum atomic E-state index is 12.2. The molecular weight excluding hydrogens is 696 g/mol. The molecule has 6 nitrogen and oxygen atoms in total. The Bertz CT molecular complexity index is 1070. The molecule has 9 heteroatoms. The van der Waals surface area contributed by atoms with Crippen molar-refractivity contribution in [3.8, 4) is 11.3 Å². The van der Waals surface area contributed by atoms with Crippen molar-refractivity contribution in [1.29, 1.82) is 0 Å². The summed E-state index contributed by atoms with van der Waals surface area (Å²) in [6.45, 7) is 1.44. The van der Waals surface area contributed by atoms with Gasteiger partial charge in [0.15, 0.2) is 0 Å². The predicted octanol–water partition coefficient (Wildman–Crippen LogP) is 2.66. The number of hydrogen-bond donors (Lipinski definition) is 2. The molecule has 2 N–H and O–H groups in total. The summed E-state index contributed by atoms with van der Waals surface area (Å²) in [5.74, 6) is 1.68. The SMILES string of the molecule is O=C(CC1CCCCC1)NCCCNc1cc(-c2ccccc2[I-]I)nc2c(Br)cnn12. The molecule has 172 valence electrons. The number of hydrogen-bond acceptors (Lipinski definition) is 4. The number of carbonyl (C=O) groups is 1. The topological polar surface area (TPSA) is 71.3 Å². The second-order valence-electron chi connectivity index (χ2n) is 8.14. The van der Waals surface area contributed by atoms with Gasteiger partial charge in [0.25, 0.3) is 0 Å². The molecule has 2 aromatic heterocycles. The number of nitrogens with zero attached hydrogens (tertiary/aromatic N) is 3. The van der Waals surface area contributed by atoms with Crippen LogP contribution in [0.4, 0.5) is 5.82 Å². The van der Waals surface area contributed by atoms with Crippen molar-refractivity contribution in [2.45, 2.75) is 44.9 Å². The Kier molecular flexibility index (Phi) is 9.04. The number of amides is 1. The van der Waals surface area contributed by atoms with Crippen molar-refractivity contribution in [2.75, 3.05) is 18.4 Å². The van der Waals surface area contributed by atoms with Crippen LogP contribution in [0.1, 0.15) is 44.9 Å². The summed E-state index contributed by atoms with van der Waals surface area (Å²) >= 11 is 5.99. The Balaban J connectivity index is 1.38. The Morgan fingerprint density at radius 2 is 2.03 bits per heavy atom. The van der Waals surface area contributed by atoms with Crippen LogP contribution < -0.4 is 27.9 Å². The molecule has 0 atom stereocenters. The summed E-state index contributed by atoms with van der Waals surface area (Å²) in [7, 11) is 0. The van der Waals surface area contributed by atoms with Gasteiger partial charge in [0.1, 0.15) is 0 Å². The average molecular weight is 723 g/mol. The molecule has 0 bridgehead atoms. The first-order valence-corrected chi connectivity index (χ1v) is 19.2. The zero-order valence-electron chi connectivity index (χ0n) is 17.8. The van der Waals surface area contributed by atoms with Crippen molar-refractivity contribution >= 4 is 51.9 Å². The van der Waals surface area contributed by atoms with E-state index in [1.165, 1.54) is 41.2 Å². The van der Waals surface area contributed by atoms with Gasteiger partial charge in [-0.2, -0.15) is 0 Å². The summed E-state index contributed by atoms with van der Waals surface area (Å²) in [5, 5.41) is 11.1. The van der Waals surface area contributed by atoms with Crippen molar-refractivity contribution in [3.05, 3.63) is 44.6 Å². The average Bonchev–Trinajstić information content (AvgIpc) is 3.20. The molecule has 0 saturated heterocycles. The number of carbonyl (C=O) groups excluding carboxylic acids is 1. The van der Waals surface area contributed by atoms with E-state index in [2.05, 4.69) is 80.6 Å². The Labute approximate surface area is 217 Å². The zero-order chi connectivity index (χ0) is 22.3. The molecule has 1 aromatic carbocycles. The van der Waals surface area contributed by atoms with Gasteiger partial charge in [-0.25, -0.2) is 0 Å². The van der Waals surface area contributed by atoms with Gasteiger partial charge in [-0.1, -0.05) is 19.3 Å². The van der Waals surface area contributed by atoms with Crippen molar-refractivity contribution in [2.24, 2.45) is 5.92 Å². The van der Waals surface area contributed by atoms with E-state index in [4.69, 9.17) is 4.98 Å². The minimum absolute atomic E-state index is 0.0836. The normalized spacial score (nSPS) is 14.7. The quantitative estimate of drug-likeness (QED) is 0.264. The molecule has 3 aromatic rings. The van der Waals surface area contributed by atoms with Gasteiger partial charge in [-0.3, -0.25) is 0 Å². The van der Waals surface area contributed by atoms with Crippen LogP contribution in [-0.4, -0.2) is 33.6 Å². The fraction of sp³-hybridized carbons (Fsp3) is 0.435. The van der Waals surface area contributed by atoms with E-state index in [1.54, 1.807) is 6.20 Å². The van der Waals surface area contributed by atoms with E-state index in [-0.39, 0.29) is 23.1 Å². The predicted molar refractivity (Wildman–Crippen MR) is 136 cm³/mol. The number of rotatable bonds is 9. The van der Waals surface area contributed by atoms with Crippen LogP contribution in [0.25, 0.3) is 16.9 Å². The monoisotopic (exact) mass is 722 g/mol. The van der Waals surface area contributed by atoms with Gasteiger partial charge in [-0.15, -0.1) is 0 Å². The van der Waals surface area contributed by atoms with Gasteiger partial charge in [0, 0.05) is 0 Å². The van der Waals surface area contributed by atoms with Crippen molar-refractivity contribution < 1.29 is 22.0 Å². The summed E-state index contributed by atoms with van der Waals surface area (Å²) in [4.78, 5) is 17.1. The molecule has 0 radical (unpaired) electrons. The van der Waals surface area contributed by atoms with E-state index in [1.807, 2.05) is 4.52 Å². The van der Waals surface area contributed by atoms with Crippen LogP contribution in [0.15, 0.2) is 41.0 Å². The number of fused-ring (bicyclic) bond motifs is 1. The number of anilines is 1. The Morgan fingerprint density at radius 1 is 1.22 bits per heavy atom. The number of benzene rings is 1. The third-order valence-corrected chi connectivity index (χ3v) is 10.7. The van der Waals surface area contributed by atoms with Gasteiger partial charge in [0.05, 0.1) is 0 Å². The van der Waals surface area contributed by atoms with Crippen LogP contribution in [0.5, 0.6) is 0 Å². The molecule has 0 unspecified atom stereocenters. The third-order valence-electron chi connectivity index (χ3n) is 5.84. The molecule has 1 aliphatic rings. The molecule has 0 spiro atoms. The minimum atomic E-state index is -0.0836. The zero-order valence-corrected chi connectivity index (χ0v) is 23.7. The third kappa shape index (κ3) is 6.13. The molecule has 32 heavy (non-hydrogen) atoms.